The Bertz CT molecular complexity index is 219. The fourth-order valence-electron chi connectivity index (χ4n) is 3.05. The highest BCUT2D eigenvalue weighted by atomic mass is 16.5. The van der Waals surface area contributed by atoms with Crippen LogP contribution < -0.4 is 0 Å². The maximum absolute atomic E-state index is 11.4. The van der Waals surface area contributed by atoms with Gasteiger partial charge in [-0.05, 0) is 12.8 Å². The maximum Gasteiger partial charge on any atom is 0.126 e. The second-order valence-corrected chi connectivity index (χ2v) is 4.98. The molecule has 1 aliphatic carbocycles. The number of aliphatic hydroxyl groups is 1. The molecule has 0 aromatic rings. The minimum Gasteiger partial charge on any atom is -0.390 e. The van der Waals surface area contributed by atoms with Crippen molar-refractivity contribution in [1.29, 1.82) is 0 Å². The molecule has 0 bridgehead atoms. The molecule has 0 spiro atoms. The Morgan fingerprint density at radius 2 is 1.80 bits per heavy atom. The number of carbonyl (C=O) groups excluding carboxylic acids is 1. The third-order valence-electron chi connectivity index (χ3n) is 4.06. The zero-order valence-electron chi connectivity index (χ0n) is 9.15. The zero-order valence-corrected chi connectivity index (χ0v) is 9.15. The van der Waals surface area contributed by atoms with Crippen molar-refractivity contribution in [3.8, 4) is 0 Å². The summed E-state index contributed by atoms with van der Waals surface area (Å²) in [6.45, 7) is 0.958. The summed E-state index contributed by atoms with van der Waals surface area (Å²) < 4.78 is 5.28. The largest absolute Gasteiger partial charge is 0.390 e. The molecule has 2 rings (SSSR count). The van der Waals surface area contributed by atoms with E-state index in [1.165, 1.54) is 12.8 Å². The van der Waals surface area contributed by atoms with Crippen LogP contribution in [-0.4, -0.2) is 30.7 Å². The zero-order chi connectivity index (χ0) is 10.7. The smallest absolute Gasteiger partial charge is 0.126 e. The lowest BCUT2D eigenvalue weighted by molar-refractivity contribution is -0.122. The topological polar surface area (TPSA) is 46.5 Å². The standard InChI is InChI=1S/C12H20O3/c13-9-12(5-3-1-2-4-6-12)10-7-15-8-11(10)14/h9-11,14H,1-8H2. The minimum absolute atomic E-state index is 0.0353. The molecular formula is C12H20O3. The van der Waals surface area contributed by atoms with Crippen molar-refractivity contribution in [3.05, 3.63) is 0 Å². The SMILES string of the molecule is O=CC1(C2COCC2O)CCCCCC1. The highest BCUT2D eigenvalue weighted by Crippen LogP contribution is 2.43. The molecule has 0 aromatic heterocycles. The Morgan fingerprint density at radius 1 is 1.13 bits per heavy atom. The van der Waals surface area contributed by atoms with Gasteiger partial charge in [0.2, 0.25) is 0 Å². The van der Waals surface area contributed by atoms with E-state index in [-0.39, 0.29) is 11.3 Å². The van der Waals surface area contributed by atoms with Gasteiger partial charge in [-0.1, -0.05) is 25.7 Å². The van der Waals surface area contributed by atoms with Crippen molar-refractivity contribution < 1.29 is 14.6 Å². The van der Waals surface area contributed by atoms with E-state index in [9.17, 15) is 9.90 Å². The summed E-state index contributed by atoms with van der Waals surface area (Å²) >= 11 is 0. The Morgan fingerprint density at radius 3 is 2.27 bits per heavy atom. The molecule has 3 nitrogen and oxygen atoms in total. The van der Waals surface area contributed by atoms with Gasteiger partial charge in [-0.3, -0.25) is 0 Å². The summed E-state index contributed by atoms with van der Waals surface area (Å²) in [5.74, 6) is 0.0353. The van der Waals surface area contributed by atoms with Crippen molar-refractivity contribution in [3.63, 3.8) is 0 Å². The average molecular weight is 212 g/mol. The molecule has 2 unspecified atom stereocenters. The highest BCUT2D eigenvalue weighted by Gasteiger charge is 2.45. The molecule has 2 aliphatic rings. The van der Waals surface area contributed by atoms with E-state index in [4.69, 9.17) is 4.74 Å². The molecule has 2 fully saturated rings. The fraction of sp³-hybridized carbons (Fsp3) is 0.917. The predicted molar refractivity (Wildman–Crippen MR) is 56.5 cm³/mol. The molecule has 1 heterocycles. The van der Waals surface area contributed by atoms with Crippen molar-refractivity contribution in [2.24, 2.45) is 11.3 Å². The van der Waals surface area contributed by atoms with Crippen molar-refractivity contribution in [2.75, 3.05) is 13.2 Å². The highest BCUT2D eigenvalue weighted by molar-refractivity contribution is 5.60. The third-order valence-corrected chi connectivity index (χ3v) is 4.06. The minimum atomic E-state index is -0.437. The van der Waals surface area contributed by atoms with E-state index < -0.39 is 6.10 Å². The molecule has 86 valence electrons. The Labute approximate surface area is 90.8 Å². The number of aliphatic hydroxyl groups excluding tert-OH is 1. The number of ether oxygens (including phenoxy) is 1. The molecular weight excluding hydrogens is 192 g/mol. The first kappa shape index (κ1) is 11.1. The summed E-state index contributed by atoms with van der Waals surface area (Å²) in [4.78, 5) is 11.4. The number of hydrogen-bond donors (Lipinski definition) is 1. The van der Waals surface area contributed by atoms with E-state index in [0.717, 1.165) is 32.0 Å². The Balaban J connectivity index is 2.14. The lowest BCUT2D eigenvalue weighted by atomic mass is 9.70. The first-order valence-corrected chi connectivity index (χ1v) is 6.01. The summed E-state index contributed by atoms with van der Waals surface area (Å²) in [7, 11) is 0. The third kappa shape index (κ3) is 2.08. The Hall–Kier alpha value is -0.410. The molecule has 0 aromatic carbocycles. The van der Waals surface area contributed by atoms with Gasteiger partial charge in [-0.25, -0.2) is 0 Å². The van der Waals surface area contributed by atoms with Crippen LogP contribution in [0.2, 0.25) is 0 Å². The average Bonchev–Trinajstić information content (AvgIpc) is 2.56. The van der Waals surface area contributed by atoms with Crippen LogP contribution in [0.5, 0.6) is 0 Å². The lowest BCUT2D eigenvalue weighted by Crippen LogP contribution is -2.38. The van der Waals surface area contributed by atoms with Crippen molar-refractivity contribution in [2.45, 2.75) is 44.6 Å². The van der Waals surface area contributed by atoms with Gasteiger partial charge < -0.3 is 14.6 Å². The van der Waals surface area contributed by atoms with Gasteiger partial charge in [-0.15, -0.1) is 0 Å². The van der Waals surface area contributed by atoms with Gasteiger partial charge in [0.25, 0.3) is 0 Å². The van der Waals surface area contributed by atoms with Gasteiger partial charge in [0.1, 0.15) is 6.29 Å². The number of hydrogen-bond acceptors (Lipinski definition) is 3. The maximum atomic E-state index is 11.4. The molecule has 1 saturated carbocycles. The first-order chi connectivity index (χ1) is 7.28. The van der Waals surface area contributed by atoms with Crippen molar-refractivity contribution >= 4 is 6.29 Å². The monoisotopic (exact) mass is 212 g/mol. The summed E-state index contributed by atoms with van der Waals surface area (Å²) in [5.41, 5.74) is -0.299. The number of rotatable bonds is 2. The van der Waals surface area contributed by atoms with Crippen LogP contribution in [-0.2, 0) is 9.53 Å². The van der Waals surface area contributed by atoms with Gasteiger partial charge in [-0.2, -0.15) is 0 Å². The summed E-state index contributed by atoms with van der Waals surface area (Å²) in [6.07, 6.45) is 7.19. The van der Waals surface area contributed by atoms with Crippen LogP contribution in [0.4, 0.5) is 0 Å². The van der Waals surface area contributed by atoms with E-state index in [2.05, 4.69) is 0 Å². The molecule has 1 aliphatic heterocycles. The van der Waals surface area contributed by atoms with Crippen molar-refractivity contribution in [1.82, 2.24) is 0 Å². The molecule has 1 saturated heterocycles. The molecule has 15 heavy (non-hydrogen) atoms. The van der Waals surface area contributed by atoms with Crippen LogP contribution in [0.25, 0.3) is 0 Å². The van der Waals surface area contributed by atoms with Gasteiger partial charge in [0.15, 0.2) is 0 Å². The molecule has 0 radical (unpaired) electrons. The molecule has 0 amide bonds. The number of carbonyl (C=O) groups is 1. The van der Waals surface area contributed by atoms with E-state index in [0.29, 0.717) is 13.2 Å². The lowest BCUT2D eigenvalue weighted by Gasteiger charge is -2.33. The quantitative estimate of drug-likeness (QED) is 0.558. The second-order valence-electron chi connectivity index (χ2n) is 4.98. The normalized spacial score (nSPS) is 36.1. The van der Waals surface area contributed by atoms with Crippen LogP contribution in [0.3, 0.4) is 0 Å². The first-order valence-electron chi connectivity index (χ1n) is 6.01. The summed E-state index contributed by atoms with van der Waals surface area (Å²) in [6, 6.07) is 0. The number of aldehydes is 1. The van der Waals surface area contributed by atoms with Crippen LogP contribution in [0.15, 0.2) is 0 Å². The van der Waals surface area contributed by atoms with Crippen LogP contribution >= 0.6 is 0 Å². The molecule has 2 atom stereocenters. The van der Waals surface area contributed by atoms with E-state index in [1.54, 1.807) is 0 Å². The molecule has 1 N–H and O–H groups in total. The predicted octanol–water partition coefficient (Wildman–Crippen LogP) is 1.53. The Kier molecular flexibility index (Phi) is 3.42. The van der Waals surface area contributed by atoms with Crippen LogP contribution in [0, 0.1) is 11.3 Å². The molecule has 3 heteroatoms. The van der Waals surface area contributed by atoms with Gasteiger partial charge in [0.05, 0.1) is 19.3 Å². The van der Waals surface area contributed by atoms with Crippen LogP contribution in [0.1, 0.15) is 38.5 Å². The fourth-order valence-corrected chi connectivity index (χ4v) is 3.05. The van der Waals surface area contributed by atoms with E-state index in [1.807, 2.05) is 0 Å². The second kappa shape index (κ2) is 4.62. The van der Waals surface area contributed by atoms with E-state index >= 15 is 0 Å². The summed E-state index contributed by atoms with van der Waals surface area (Å²) in [5, 5.41) is 9.85. The van der Waals surface area contributed by atoms with Gasteiger partial charge >= 0.3 is 0 Å². The van der Waals surface area contributed by atoms with Gasteiger partial charge in [0, 0.05) is 11.3 Å².